The maximum Gasteiger partial charge on any atom is 0.235 e. The van der Waals surface area contributed by atoms with Crippen LogP contribution in [-0.2, 0) is 16.6 Å². The van der Waals surface area contributed by atoms with Gasteiger partial charge >= 0.3 is 0 Å². The van der Waals surface area contributed by atoms with Crippen LogP contribution in [0.5, 0.6) is 0 Å². The van der Waals surface area contributed by atoms with E-state index in [1.54, 1.807) is 23.0 Å². The van der Waals surface area contributed by atoms with Gasteiger partial charge in [0.05, 0.1) is 23.5 Å². The highest BCUT2D eigenvalue weighted by Gasteiger charge is 2.20. The first-order chi connectivity index (χ1) is 10.8. The Bertz CT molecular complexity index is 769. The number of nitrogens with one attached hydrogen (secondary N) is 1. The van der Waals surface area contributed by atoms with Crippen molar-refractivity contribution in [3.63, 3.8) is 0 Å². The molecule has 1 aromatic heterocycles. The molecule has 0 amide bonds. The molecule has 0 aliphatic carbocycles. The molecule has 0 bridgehead atoms. The van der Waals surface area contributed by atoms with Gasteiger partial charge in [0.1, 0.15) is 5.69 Å². The summed E-state index contributed by atoms with van der Waals surface area (Å²) in [6.07, 6.45) is 6.65. The van der Waals surface area contributed by atoms with Gasteiger partial charge in [-0.25, -0.2) is 17.8 Å². The van der Waals surface area contributed by atoms with E-state index in [-0.39, 0.29) is 11.3 Å². The SMILES string of the molecule is CCCCn1[c]c(-c2cccc(NS(=O)(=O)C(C)C)c2F)nc1. The molecule has 0 atom stereocenters. The van der Waals surface area contributed by atoms with Gasteiger partial charge < -0.3 is 4.57 Å². The van der Waals surface area contributed by atoms with Gasteiger partial charge in [0, 0.05) is 12.1 Å². The molecule has 0 spiro atoms. The number of halogens is 1. The number of aromatic nitrogens is 2. The Labute approximate surface area is 136 Å². The van der Waals surface area contributed by atoms with E-state index in [1.165, 1.54) is 19.9 Å². The molecule has 0 aliphatic heterocycles. The summed E-state index contributed by atoms with van der Waals surface area (Å²) in [5.41, 5.74) is 0.515. The van der Waals surface area contributed by atoms with E-state index >= 15 is 0 Å². The molecule has 1 heterocycles. The van der Waals surface area contributed by atoms with Crippen LogP contribution in [0.1, 0.15) is 33.6 Å². The van der Waals surface area contributed by atoms with Crippen molar-refractivity contribution in [2.75, 3.05) is 4.72 Å². The van der Waals surface area contributed by atoms with Crippen LogP contribution in [0.15, 0.2) is 24.5 Å². The first-order valence-corrected chi connectivity index (χ1v) is 9.14. The summed E-state index contributed by atoms with van der Waals surface area (Å²) in [6.45, 7) is 5.92. The predicted octanol–water partition coefficient (Wildman–Crippen LogP) is 3.44. The molecular weight excluding hydrogens is 317 g/mol. The van der Waals surface area contributed by atoms with E-state index in [1.807, 2.05) is 0 Å². The molecule has 0 fully saturated rings. The topological polar surface area (TPSA) is 64.0 Å². The Kier molecular flexibility index (Phi) is 5.41. The maximum absolute atomic E-state index is 14.6. The van der Waals surface area contributed by atoms with Gasteiger partial charge in [0.2, 0.25) is 10.0 Å². The minimum Gasteiger partial charge on any atom is -0.329 e. The second-order valence-corrected chi connectivity index (χ2v) is 7.85. The predicted molar refractivity (Wildman–Crippen MR) is 89.0 cm³/mol. The number of anilines is 1. The summed E-state index contributed by atoms with van der Waals surface area (Å²) in [4.78, 5) is 4.16. The van der Waals surface area contributed by atoms with Gasteiger partial charge in [-0.2, -0.15) is 0 Å². The van der Waals surface area contributed by atoms with Crippen molar-refractivity contribution in [2.24, 2.45) is 0 Å². The van der Waals surface area contributed by atoms with E-state index in [9.17, 15) is 12.8 Å². The highest BCUT2D eigenvalue weighted by atomic mass is 32.2. The summed E-state index contributed by atoms with van der Waals surface area (Å²) < 4.78 is 42.5. The zero-order chi connectivity index (χ0) is 17.0. The van der Waals surface area contributed by atoms with E-state index in [0.717, 1.165) is 19.4 Å². The summed E-state index contributed by atoms with van der Waals surface area (Å²) >= 11 is 0. The highest BCUT2D eigenvalue weighted by Crippen LogP contribution is 2.27. The number of nitrogens with zero attached hydrogens (tertiary/aromatic N) is 2. The smallest absolute Gasteiger partial charge is 0.235 e. The van der Waals surface area contributed by atoms with Crippen LogP contribution >= 0.6 is 0 Å². The Hall–Kier alpha value is -1.89. The van der Waals surface area contributed by atoms with Crippen molar-refractivity contribution in [1.29, 1.82) is 0 Å². The molecule has 125 valence electrons. The third kappa shape index (κ3) is 4.10. The van der Waals surface area contributed by atoms with Gasteiger partial charge in [0.15, 0.2) is 5.82 Å². The number of hydrogen-bond donors (Lipinski definition) is 1. The largest absolute Gasteiger partial charge is 0.329 e. The van der Waals surface area contributed by atoms with Crippen LogP contribution in [0.4, 0.5) is 10.1 Å². The summed E-state index contributed by atoms with van der Waals surface area (Å²) in [7, 11) is -3.61. The molecule has 1 radical (unpaired) electrons. The number of hydrogen-bond acceptors (Lipinski definition) is 3. The molecule has 23 heavy (non-hydrogen) atoms. The molecule has 0 aliphatic rings. The van der Waals surface area contributed by atoms with Gasteiger partial charge in [-0.3, -0.25) is 4.72 Å². The first kappa shape index (κ1) is 17.5. The van der Waals surface area contributed by atoms with Gasteiger partial charge in [-0.05, 0) is 32.4 Å². The highest BCUT2D eigenvalue weighted by molar-refractivity contribution is 7.93. The van der Waals surface area contributed by atoms with Crippen LogP contribution in [0.3, 0.4) is 0 Å². The third-order valence-electron chi connectivity index (χ3n) is 3.45. The second-order valence-electron chi connectivity index (χ2n) is 5.61. The number of unbranched alkanes of at least 4 members (excludes halogenated alkanes) is 1. The van der Waals surface area contributed by atoms with Crippen LogP contribution in [0.25, 0.3) is 11.3 Å². The Morgan fingerprint density at radius 1 is 1.39 bits per heavy atom. The number of rotatable bonds is 7. The van der Waals surface area contributed by atoms with E-state index in [2.05, 4.69) is 22.8 Å². The van der Waals surface area contributed by atoms with Gasteiger partial charge in [0.25, 0.3) is 0 Å². The summed E-state index contributed by atoms with van der Waals surface area (Å²) in [5, 5.41) is -0.648. The molecule has 1 N–H and O–H groups in total. The van der Waals surface area contributed by atoms with Crippen LogP contribution in [0.2, 0.25) is 0 Å². The maximum atomic E-state index is 14.6. The second kappa shape index (κ2) is 7.12. The zero-order valence-electron chi connectivity index (χ0n) is 13.5. The number of imidazole rings is 1. The Morgan fingerprint density at radius 2 is 2.13 bits per heavy atom. The lowest BCUT2D eigenvalue weighted by Crippen LogP contribution is -2.23. The molecular formula is C16H21FN3O2S. The zero-order valence-corrected chi connectivity index (χ0v) is 14.3. The molecule has 2 aromatic rings. The van der Waals surface area contributed by atoms with Gasteiger partial charge in [-0.15, -0.1) is 0 Å². The molecule has 7 heteroatoms. The van der Waals surface area contributed by atoms with Crippen molar-refractivity contribution in [1.82, 2.24) is 9.55 Å². The minimum absolute atomic E-state index is 0.0762. The average Bonchev–Trinajstić information content (AvgIpc) is 2.95. The third-order valence-corrected chi connectivity index (χ3v) is 5.20. The standard InChI is InChI=1S/C16H21FN3O2S/c1-4-5-9-20-10-15(18-11-20)13-7-6-8-14(16(13)17)19-23(21,22)12(2)3/h6-8,11-12,19H,4-5,9H2,1-3H3. The van der Waals surface area contributed by atoms with E-state index in [0.29, 0.717) is 5.69 Å². The molecule has 2 rings (SSSR count). The van der Waals surface area contributed by atoms with E-state index in [4.69, 9.17) is 0 Å². The first-order valence-electron chi connectivity index (χ1n) is 7.60. The minimum atomic E-state index is -3.61. The lowest BCUT2D eigenvalue weighted by atomic mass is 10.1. The fraction of sp³-hybridized carbons (Fsp3) is 0.438. The van der Waals surface area contributed by atoms with Crippen LogP contribution in [0, 0.1) is 12.0 Å². The average molecular weight is 338 g/mol. The van der Waals surface area contributed by atoms with Crippen molar-refractivity contribution in [3.8, 4) is 11.3 Å². The molecule has 5 nitrogen and oxygen atoms in total. The number of sulfonamides is 1. The fourth-order valence-electron chi connectivity index (χ4n) is 1.96. The lowest BCUT2D eigenvalue weighted by molar-refractivity contribution is 0.590. The van der Waals surface area contributed by atoms with Crippen molar-refractivity contribution in [2.45, 2.75) is 45.4 Å². The quantitative estimate of drug-likeness (QED) is 0.841. The molecule has 0 saturated carbocycles. The number of benzene rings is 1. The van der Waals surface area contributed by atoms with Crippen LogP contribution < -0.4 is 4.72 Å². The van der Waals surface area contributed by atoms with Gasteiger partial charge in [-0.1, -0.05) is 19.4 Å². The number of aryl methyl sites for hydroxylation is 1. The fourth-order valence-corrected chi connectivity index (χ4v) is 2.66. The Balaban J connectivity index is 2.31. The van der Waals surface area contributed by atoms with Crippen molar-refractivity contribution < 1.29 is 12.8 Å². The van der Waals surface area contributed by atoms with E-state index < -0.39 is 21.1 Å². The molecule has 1 aromatic carbocycles. The monoisotopic (exact) mass is 338 g/mol. The normalized spacial score (nSPS) is 11.9. The Morgan fingerprint density at radius 3 is 2.78 bits per heavy atom. The van der Waals surface area contributed by atoms with Crippen molar-refractivity contribution in [3.05, 3.63) is 36.5 Å². The lowest BCUT2D eigenvalue weighted by Gasteiger charge is -2.12. The molecule has 0 saturated heterocycles. The summed E-state index contributed by atoms with van der Waals surface area (Å²) in [5.74, 6) is -0.645. The molecule has 0 unspecified atom stereocenters. The van der Waals surface area contributed by atoms with Crippen LogP contribution in [-0.4, -0.2) is 23.2 Å². The van der Waals surface area contributed by atoms with Crippen molar-refractivity contribution >= 4 is 15.7 Å². The summed E-state index contributed by atoms with van der Waals surface area (Å²) in [6, 6.07) is 4.55.